The number of nitrogens with one attached hydrogen (secondary N) is 1. The van der Waals surface area contributed by atoms with Crippen molar-refractivity contribution in [3.8, 4) is 5.75 Å². The number of nitrogens with two attached hydrogens (primary N) is 1. The van der Waals surface area contributed by atoms with Crippen molar-refractivity contribution in [3.05, 3.63) is 71.4 Å². The zero-order chi connectivity index (χ0) is 22.0. The van der Waals surface area contributed by atoms with E-state index in [2.05, 4.69) is 22.4 Å². The number of ether oxygens (including phenoxy) is 1. The van der Waals surface area contributed by atoms with Crippen LogP contribution in [0.25, 0.3) is 10.9 Å². The number of primary amides is 1. The first-order valence-corrected chi connectivity index (χ1v) is 10.6. The number of fused-ring (bicyclic) bond motifs is 1. The lowest BCUT2D eigenvalue weighted by Gasteiger charge is -2.11. The van der Waals surface area contributed by atoms with Gasteiger partial charge in [0.25, 0.3) is 0 Å². The van der Waals surface area contributed by atoms with E-state index in [-0.39, 0.29) is 11.8 Å². The second kappa shape index (κ2) is 8.76. The molecule has 3 atom stereocenters. The molecule has 0 aliphatic heterocycles. The van der Waals surface area contributed by atoms with E-state index < -0.39 is 11.9 Å². The minimum atomic E-state index is -0.633. The molecule has 2 aromatic carbocycles. The number of nitrogens with zero attached hydrogens (tertiary/aromatic N) is 1. The summed E-state index contributed by atoms with van der Waals surface area (Å²) in [7, 11) is 0. The van der Waals surface area contributed by atoms with Gasteiger partial charge in [0.2, 0.25) is 11.8 Å². The third-order valence-electron chi connectivity index (χ3n) is 5.79. The molecule has 1 heterocycles. The highest BCUT2D eigenvalue weighted by Gasteiger charge is 2.43. The minimum absolute atomic E-state index is 0.0408. The standard InChI is InChI=1S/C25H27N3O3/c1-15-11-19(21-5-3-4-6-23(21)27-15)14-31-20-9-7-17(8-10-20)12-18-13-22(18)25(30)28-16(2)24(26)29/h3-11,16,18,22H,12-14H2,1-2H3,(H2,26,29)(H,28,30)/t16-,18-,22+/m1/s1. The number of hydrogen-bond donors (Lipinski definition) is 2. The molecule has 0 spiro atoms. The van der Waals surface area contributed by atoms with Gasteiger partial charge in [0.15, 0.2) is 0 Å². The number of amides is 2. The Morgan fingerprint density at radius 3 is 2.68 bits per heavy atom. The van der Waals surface area contributed by atoms with Crippen LogP contribution in [0.2, 0.25) is 0 Å². The fourth-order valence-corrected chi connectivity index (χ4v) is 3.89. The van der Waals surface area contributed by atoms with Crippen LogP contribution in [0.5, 0.6) is 5.75 Å². The Morgan fingerprint density at radius 1 is 1.19 bits per heavy atom. The highest BCUT2D eigenvalue weighted by molar-refractivity contribution is 5.88. The first-order chi connectivity index (χ1) is 14.9. The third kappa shape index (κ3) is 5.02. The summed E-state index contributed by atoms with van der Waals surface area (Å²) >= 11 is 0. The first-order valence-electron chi connectivity index (χ1n) is 10.6. The summed E-state index contributed by atoms with van der Waals surface area (Å²) in [5.74, 6) is 0.466. The van der Waals surface area contributed by atoms with Crippen LogP contribution in [0.15, 0.2) is 54.6 Å². The van der Waals surface area contributed by atoms with Gasteiger partial charge in [-0.15, -0.1) is 0 Å². The van der Waals surface area contributed by atoms with Crippen molar-refractivity contribution in [3.63, 3.8) is 0 Å². The van der Waals surface area contributed by atoms with Crippen molar-refractivity contribution in [1.29, 1.82) is 0 Å². The highest BCUT2D eigenvalue weighted by Crippen LogP contribution is 2.41. The van der Waals surface area contributed by atoms with E-state index in [0.717, 1.165) is 40.8 Å². The second-order valence-corrected chi connectivity index (χ2v) is 8.31. The number of benzene rings is 2. The van der Waals surface area contributed by atoms with Crippen LogP contribution in [0.4, 0.5) is 0 Å². The molecule has 3 N–H and O–H groups in total. The Hall–Kier alpha value is -3.41. The Kier molecular flexibility index (Phi) is 5.89. The van der Waals surface area contributed by atoms with Crippen molar-refractivity contribution in [2.24, 2.45) is 17.6 Å². The Labute approximate surface area is 181 Å². The van der Waals surface area contributed by atoms with Gasteiger partial charge in [-0.25, -0.2) is 0 Å². The summed E-state index contributed by atoms with van der Waals surface area (Å²) in [5, 5.41) is 3.78. The summed E-state index contributed by atoms with van der Waals surface area (Å²) in [4.78, 5) is 27.8. The van der Waals surface area contributed by atoms with E-state index >= 15 is 0 Å². The molecule has 31 heavy (non-hydrogen) atoms. The fourth-order valence-electron chi connectivity index (χ4n) is 3.89. The van der Waals surface area contributed by atoms with Crippen molar-refractivity contribution in [1.82, 2.24) is 10.3 Å². The maximum atomic E-state index is 12.2. The van der Waals surface area contributed by atoms with Crippen molar-refractivity contribution < 1.29 is 14.3 Å². The summed E-state index contributed by atoms with van der Waals surface area (Å²) < 4.78 is 6.02. The van der Waals surface area contributed by atoms with Crippen LogP contribution in [-0.2, 0) is 22.6 Å². The Bertz CT molecular complexity index is 1110. The summed E-state index contributed by atoms with van der Waals surface area (Å²) in [6.07, 6.45) is 1.67. The fraction of sp³-hybridized carbons (Fsp3) is 0.320. The second-order valence-electron chi connectivity index (χ2n) is 8.31. The normalized spacial score (nSPS) is 18.4. The molecular weight excluding hydrogens is 390 g/mol. The molecule has 0 radical (unpaired) electrons. The van der Waals surface area contributed by atoms with Crippen LogP contribution >= 0.6 is 0 Å². The molecule has 0 bridgehead atoms. The number of aromatic nitrogens is 1. The number of hydrogen-bond acceptors (Lipinski definition) is 4. The Balaban J connectivity index is 1.32. The van der Waals surface area contributed by atoms with Gasteiger partial charge in [0.05, 0.1) is 5.52 Å². The van der Waals surface area contributed by atoms with Gasteiger partial charge in [-0.3, -0.25) is 14.6 Å². The molecular formula is C25H27N3O3. The molecule has 0 saturated heterocycles. The predicted molar refractivity (Wildman–Crippen MR) is 119 cm³/mol. The first kappa shape index (κ1) is 20.8. The quantitative estimate of drug-likeness (QED) is 0.588. The average Bonchev–Trinajstić information content (AvgIpc) is 3.52. The number of aryl methyl sites for hydroxylation is 1. The van der Waals surface area contributed by atoms with Gasteiger partial charge < -0.3 is 15.8 Å². The maximum absolute atomic E-state index is 12.2. The largest absolute Gasteiger partial charge is 0.489 e. The van der Waals surface area contributed by atoms with E-state index in [4.69, 9.17) is 10.5 Å². The lowest BCUT2D eigenvalue weighted by atomic mass is 10.1. The van der Waals surface area contributed by atoms with Gasteiger partial charge in [-0.2, -0.15) is 0 Å². The lowest BCUT2D eigenvalue weighted by molar-refractivity contribution is -0.127. The summed E-state index contributed by atoms with van der Waals surface area (Å²) in [6.45, 7) is 4.07. The molecule has 1 aliphatic carbocycles. The van der Waals surface area contributed by atoms with Crippen LogP contribution in [0, 0.1) is 18.8 Å². The molecule has 2 amide bonds. The number of rotatable bonds is 8. The van der Waals surface area contributed by atoms with Crippen LogP contribution in [0.3, 0.4) is 0 Å². The van der Waals surface area contributed by atoms with Gasteiger partial charge >= 0.3 is 0 Å². The van der Waals surface area contributed by atoms with E-state index in [0.29, 0.717) is 12.5 Å². The van der Waals surface area contributed by atoms with E-state index in [9.17, 15) is 9.59 Å². The zero-order valence-corrected chi connectivity index (χ0v) is 17.8. The molecule has 1 aromatic heterocycles. The monoisotopic (exact) mass is 417 g/mol. The van der Waals surface area contributed by atoms with E-state index in [1.807, 2.05) is 49.4 Å². The molecule has 160 valence electrons. The summed E-state index contributed by atoms with van der Waals surface area (Å²) in [6, 6.07) is 17.5. The van der Waals surface area contributed by atoms with Gasteiger partial charge in [0, 0.05) is 22.6 Å². The topological polar surface area (TPSA) is 94.3 Å². The van der Waals surface area contributed by atoms with E-state index in [1.54, 1.807) is 6.92 Å². The third-order valence-corrected chi connectivity index (χ3v) is 5.79. The lowest BCUT2D eigenvalue weighted by Crippen LogP contribution is -2.43. The SMILES string of the molecule is Cc1cc(COc2ccc(C[C@@H]3C[C@@H]3C(=O)N[C@H](C)C(N)=O)cc2)c2ccccc2n1. The number of pyridine rings is 1. The minimum Gasteiger partial charge on any atom is -0.489 e. The Morgan fingerprint density at radius 2 is 1.94 bits per heavy atom. The van der Waals surface area contributed by atoms with Crippen LogP contribution < -0.4 is 15.8 Å². The van der Waals surface area contributed by atoms with Crippen molar-refractivity contribution in [2.75, 3.05) is 0 Å². The van der Waals surface area contributed by atoms with E-state index in [1.165, 1.54) is 5.56 Å². The molecule has 1 aliphatic rings. The molecule has 1 saturated carbocycles. The van der Waals surface area contributed by atoms with Gasteiger partial charge in [0.1, 0.15) is 18.4 Å². The number of para-hydroxylation sites is 1. The number of carbonyl (C=O) groups excluding carboxylic acids is 2. The van der Waals surface area contributed by atoms with Crippen molar-refractivity contribution >= 4 is 22.7 Å². The molecule has 6 heteroatoms. The van der Waals surface area contributed by atoms with Crippen LogP contribution in [0.1, 0.15) is 30.2 Å². The number of carbonyl (C=O) groups is 2. The molecule has 0 unspecified atom stereocenters. The summed E-state index contributed by atoms with van der Waals surface area (Å²) in [5.41, 5.74) is 9.44. The van der Waals surface area contributed by atoms with Crippen LogP contribution in [-0.4, -0.2) is 22.8 Å². The average molecular weight is 418 g/mol. The molecule has 6 nitrogen and oxygen atoms in total. The zero-order valence-electron chi connectivity index (χ0n) is 17.8. The highest BCUT2D eigenvalue weighted by atomic mass is 16.5. The molecule has 3 aromatic rings. The molecule has 1 fully saturated rings. The molecule has 4 rings (SSSR count). The maximum Gasteiger partial charge on any atom is 0.239 e. The van der Waals surface area contributed by atoms with Gasteiger partial charge in [-0.05, 0) is 62.4 Å². The predicted octanol–water partition coefficient (Wildman–Crippen LogP) is 3.29. The van der Waals surface area contributed by atoms with Gasteiger partial charge in [-0.1, -0.05) is 30.3 Å². The smallest absolute Gasteiger partial charge is 0.239 e. The van der Waals surface area contributed by atoms with Crippen molar-refractivity contribution in [2.45, 2.75) is 39.3 Å².